The molecule has 1 fully saturated rings. The predicted molar refractivity (Wildman–Crippen MR) is 144 cm³/mol. The fraction of sp³-hybridized carbons (Fsp3) is 0.385. The highest BCUT2D eigenvalue weighted by Crippen LogP contribution is 2.31. The summed E-state index contributed by atoms with van der Waals surface area (Å²) in [6.07, 6.45) is 10.4. The number of nitrogens with one attached hydrogen (secondary N) is 1. The Kier molecular flexibility index (Phi) is 7.52. The van der Waals surface area contributed by atoms with E-state index in [4.69, 9.17) is 21.3 Å². The second-order valence-electron chi connectivity index (χ2n) is 9.16. The van der Waals surface area contributed by atoms with Crippen molar-refractivity contribution in [3.8, 4) is 5.82 Å². The third-order valence-corrected chi connectivity index (χ3v) is 7.54. The van der Waals surface area contributed by atoms with Crippen LogP contribution >= 0.6 is 27.5 Å². The van der Waals surface area contributed by atoms with Crippen molar-refractivity contribution in [3.05, 3.63) is 68.8 Å². The van der Waals surface area contributed by atoms with Gasteiger partial charge in [-0.15, -0.1) is 0 Å². The Balaban J connectivity index is 1.27. The summed E-state index contributed by atoms with van der Waals surface area (Å²) >= 11 is 9.68. The number of aryl methyl sites for hydroxylation is 1. The maximum atomic E-state index is 13.0. The number of rotatable bonds is 5. The van der Waals surface area contributed by atoms with Crippen molar-refractivity contribution in [1.29, 1.82) is 0 Å². The van der Waals surface area contributed by atoms with Gasteiger partial charge in [0, 0.05) is 29.8 Å². The van der Waals surface area contributed by atoms with Crippen LogP contribution in [0.4, 0.5) is 5.69 Å². The van der Waals surface area contributed by atoms with Crippen molar-refractivity contribution in [2.24, 2.45) is 0 Å². The van der Waals surface area contributed by atoms with Gasteiger partial charge in [0.05, 0.1) is 53.3 Å². The van der Waals surface area contributed by atoms with E-state index in [0.29, 0.717) is 33.8 Å². The van der Waals surface area contributed by atoms with Gasteiger partial charge >= 0.3 is 0 Å². The number of carbonyl (C=O) groups excluding carboxylic acids is 1. The Bertz CT molecular complexity index is 1320. The Morgan fingerprint density at radius 1 is 1.17 bits per heavy atom. The minimum absolute atomic E-state index is 0.258. The molecule has 1 saturated heterocycles. The molecule has 36 heavy (non-hydrogen) atoms. The van der Waals surface area contributed by atoms with Crippen LogP contribution in [-0.2, 0) is 4.74 Å². The summed E-state index contributed by atoms with van der Waals surface area (Å²) < 4.78 is 7.82. The van der Waals surface area contributed by atoms with Crippen LogP contribution in [0.5, 0.6) is 0 Å². The zero-order chi connectivity index (χ0) is 25.2. The van der Waals surface area contributed by atoms with Crippen molar-refractivity contribution >= 4 is 44.7 Å². The van der Waals surface area contributed by atoms with E-state index in [1.54, 1.807) is 23.1 Å². The standard InChI is InChI=1S/C26H28BrClN6O2/c1-16-11-20(14-29-24(16)18-3-5-21(6-4-18)33-7-9-36-10-8-33)32-26(35)22-15-31-34(17(22)2)25-23(28)12-19(27)13-30-25/h3,11-15,21H,4-10H2,1-2H3,(H,32,35). The molecule has 0 aromatic carbocycles. The number of carbonyl (C=O) groups is 1. The number of anilines is 1. The van der Waals surface area contributed by atoms with Crippen LogP contribution in [0.25, 0.3) is 11.4 Å². The maximum Gasteiger partial charge on any atom is 0.259 e. The van der Waals surface area contributed by atoms with Gasteiger partial charge in [0.15, 0.2) is 5.82 Å². The van der Waals surface area contributed by atoms with E-state index in [-0.39, 0.29) is 5.91 Å². The Morgan fingerprint density at radius 2 is 1.97 bits per heavy atom. The van der Waals surface area contributed by atoms with E-state index in [9.17, 15) is 4.79 Å². The van der Waals surface area contributed by atoms with E-state index < -0.39 is 0 Å². The van der Waals surface area contributed by atoms with E-state index >= 15 is 0 Å². The molecule has 188 valence electrons. The number of halogens is 2. The molecule has 8 nitrogen and oxygen atoms in total. The van der Waals surface area contributed by atoms with Gasteiger partial charge in [0.1, 0.15) is 0 Å². The lowest BCUT2D eigenvalue weighted by Crippen LogP contribution is -2.43. The number of pyridine rings is 2. The lowest BCUT2D eigenvalue weighted by Gasteiger charge is -2.36. The summed E-state index contributed by atoms with van der Waals surface area (Å²) in [6.45, 7) is 7.55. The highest BCUT2D eigenvalue weighted by molar-refractivity contribution is 9.10. The largest absolute Gasteiger partial charge is 0.379 e. The number of hydrogen-bond donors (Lipinski definition) is 1. The van der Waals surface area contributed by atoms with Crippen LogP contribution in [0, 0.1) is 13.8 Å². The molecule has 1 atom stereocenters. The smallest absolute Gasteiger partial charge is 0.259 e. The lowest BCUT2D eigenvalue weighted by atomic mass is 9.90. The summed E-state index contributed by atoms with van der Waals surface area (Å²) in [5.41, 5.74) is 5.08. The first kappa shape index (κ1) is 25.1. The highest BCUT2D eigenvalue weighted by Gasteiger charge is 2.24. The Hall–Kier alpha value is -2.59. The minimum Gasteiger partial charge on any atom is -0.379 e. The second-order valence-corrected chi connectivity index (χ2v) is 10.5. The summed E-state index contributed by atoms with van der Waals surface area (Å²) in [6, 6.07) is 4.30. The van der Waals surface area contributed by atoms with Crippen molar-refractivity contribution in [2.45, 2.75) is 39.2 Å². The van der Waals surface area contributed by atoms with Gasteiger partial charge in [-0.25, -0.2) is 9.67 Å². The van der Waals surface area contributed by atoms with Crippen LogP contribution in [0.2, 0.25) is 5.02 Å². The summed E-state index contributed by atoms with van der Waals surface area (Å²) in [4.78, 5) is 24.6. The van der Waals surface area contributed by atoms with Crippen molar-refractivity contribution in [1.82, 2.24) is 24.6 Å². The molecule has 10 heteroatoms. The third kappa shape index (κ3) is 5.25. The topological polar surface area (TPSA) is 85.2 Å². The van der Waals surface area contributed by atoms with Crippen LogP contribution < -0.4 is 5.32 Å². The average molecular weight is 572 g/mol. The van der Waals surface area contributed by atoms with E-state index in [1.165, 1.54) is 11.8 Å². The molecule has 0 saturated carbocycles. The second kappa shape index (κ2) is 10.8. The first-order valence-corrected chi connectivity index (χ1v) is 13.2. The Labute approximate surface area is 223 Å². The van der Waals surface area contributed by atoms with Gasteiger partial charge in [-0.05, 0) is 72.3 Å². The number of hydrogen-bond acceptors (Lipinski definition) is 6. The summed E-state index contributed by atoms with van der Waals surface area (Å²) in [5.74, 6) is 0.209. The number of morpholine rings is 1. The number of aromatic nitrogens is 4. The van der Waals surface area contributed by atoms with Gasteiger partial charge in [0.2, 0.25) is 0 Å². The number of amides is 1. The molecule has 2 aliphatic rings. The fourth-order valence-corrected chi connectivity index (χ4v) is 5.61. The molecule has 1 aliphatic heterocycles. The van der Waals surface area contributed by atoms with Crippen molar-refractivity contribution < 1.29 is 9.53 Å². The molecular formula is C26H28BrClN6O2. The van der Waals surface area contributed by atoms with E-state index in [2.05, 4.69) is 42.3 Å². The molecule has 3 aromatic rings. The van der Waals surface area contributed by atoms with Crippen LogP contribution in [0.3, 0.4) is 0 Å². The van der Waals surface area contributed by atoms with Crippen LogP contribution in [-0.4, -0.2) is 62.9 Å². The first-order valence-electron chi connectivity index (χ1n) is 12.1. The third-order valence-electron chi connectivity index (χ3n) is 6.83. The minimum atomic E-state index is -0.258. The van der Waals surface area contributed by atoms with Crippen LogP contribution in [0.1, 0.15) is 46.6 Å². The van der Waals surface area contributed by atoms with Crippen LogP contribution in [0.15, 0.2) is 41.3 Å². The number of allylic oxidation sites excluding steroid dienone is 1. The molecular weight excluding hydrogens is 544 g/mol. The molecule has 1 aliphatic carbocycles. The maximum absolute atomic E-state index is 13.0. The summed E-state index contributed by atoms with van der Waals surface area (Å²) in [7, 11) is 0. The van der Waals surface area contributed by atoms with Gasteiger partial charge in [0.25, 0.3) is 5.91 Å². The molecule has 0 spiro atoms. The molecule has 0 bridgehead atoms. The molecule has 4 heterocycles. The van der Waals surface area contributed by atoms with Crippen molar-refractivity contribution in [3.63, 3.8) is 0 Å². The van der Waals surface area contributed by atoms with E-state index in [0.717, 1.165) is 61.3 Å². The van der Waals surface area contributed by atoms with Crippen molar-refractivity contribution in [2.75, 3.05) is 31.6 Å². The molecule has 0 radical (unpaired) electrons. The summed E-state index contributed by atoms with van der Waals surface area (Å²) in [5, 5.41) is 7.72. The van der Waals surface area contributed by atoms with Gasteiger partial charge in [-0.2, -0.15) is 5.10 Å². The zero-order valence-corrected chi connectivity index (χ0v) is 22.6. The lowest BCUT2D eigenvalue weighted by molar-refractivity contribution is 0.0150. The monoisotopic (exact) mass is 570 g/mol. The highest BCUT2D eigenvalue weighted by atomic mass is 79.9. The average Bonchev–Trinajstić information content (AvgIpc) is 3.26. The molecule has 3 aromatic heterocycles. The van der Waals surface area contributed by atoms with Gasteiger partial charge < -0.3 is 10.1 Å². The zero-order valence-electron chi connectivity index (χ0n) is 20.3. The quantitative estimate of drug-likeness (QED) is 0.452. The first-order chi connectivity index (χ1) is 17.4. The van der Waals surface area contributed by atoms with E-state index in [1.807, 2.05) is 19.9 Å². The Morgan fingerprint density at radius 3 is 2.67 bits per heavy atom. The predicted octanol–water partition coefficient (Wildman–Crippen LogP) is 5.22. The van der Waals surface area contributed by atoms with Gasteiger partial charge in [-0.3, -0.25) is 14.7 Å². The SMILES string of the molecule is Cc1cc(NC(=O)c2cnn(-c3ncc(Br)cc3Cl)c2C)cnc1C1=CCC(N2CCOCC2)CC1. The molecule has 1 N–H and O–H groups in total. The molecule has 5 rings (SSSR count). The fourth-order valence-electron chi connectivity index (χ4n) is 4.90. The van der Waals surface area contributed by atoms with Gasteiger partial charge in [-0.1, -0.05) is 17.7 Å². The number of ether oxygens (including phenoxy) is 1. The molecule has 1 amide bonds. The number of nitrogens with zero attached hydrogens (tertiary/aromatic N) is 5. The molecule has 1 unspecified atom stereocenters. The normalized spacial score (nSPS) is 18.7.